The van der Waals surface area contributed by atoms with E-state index in [0.29, 0.717) is 11.9 Å². The third kappa shape index (κ3) is 149. The fourth-order valence-electron chi connectivity index (χ4n) is 7.38. The number of hydrogen-bond donors (Lipinski definition) is 0. The molecular formula is C80H178F2O9S. The molecule has 0 radical (unpaired) electrons. The molecule has 1 saturated heterocycles. The highest BCUT2D eigenvalue weighted by molar-refractivity contribution is 7.90. The molecule has 1 heterocycles. The molecule has 4 aliphatic carbocycles. The van der Waals surface area contributed by atoms with Gasteiger partial charge in [0.25, 0.3) is 0 Å². The van der Waals surface area contributed by atoms with Crippen molar-refractivity contribution in [1.82, 2.24) is 0 Å². The standard InChI is InChI=1S/C8H16.C7H16O.C6H12O.2C6H14O.C6H12.2C5H12O.2C5H10.C5H12.C4H8F2.C4H10O2S.C4H10O.C4H10/c1-2-8-6-4-3-5-7-8;1-3-5-7-8-6-4-2;1-2-6-4-3-5-7-6;1-3-5-6-7-4-2;1-3-5-7-6-4-2;1-2-6-4-3-5-6;2*1-3-4-5-6-2;1-5-3-2-4-5;1-2-5-3-4-5;1-3-5-4-2;1-3-4(2,5)6;1-3-4-7(2,5)6;1-3-4-5-2;1-3-4-2/h8H,2-7H2,1H3;3-7H2,1-2H3;6H,2-5H2,1H3;2*3-6H2,1-2H3;6H,2-5H2,1H3;2*3-5H2,1-2H3;2*5H,2-4H2,1H3;3-5H2,1-2H3;3H2,1-2H3;3-4H2,1-2H3;3-4H2,1-2H3;3-4H2,1-2H3. The van der Waals surface area contributed by atoms with Gasteiger partial charge in [0, 0.05) is 106 Å². The van der Waals surface area contributed by atoms with E-state index in [2.05, 4.69) is 118 Å². The predicted octanol–water partition coefficient (Wildman–Crippen LogP) is 26.6. The summed E-state index contributed by atoms with van der Waals surface area (Å²) in [6, 6.07) is 0. The lowest BCUT2D eigenvalue weighted by Gasteiger charge is -2.22. The molecule has 0 aromatic carbocycles. The van der Waals surface area contributed by atoms with Crippen LogP contribution in [0.15, 0.2) is 0 Å². The van der Waals surface area contributed by atoms with Gasteiger partial charge in [-0.3, -0.25) is 0 Å². The molecule has 0 aromatic heterocycles. The zero-order valence-corrected chi connectivity index (χ0v) is 68.7. The van der Waals surface area contributed by atoms with Crippen molar-refractivity contribution in [3.05, 3.63) is 0 Å². The van der Waals surface area contributed by atoms with Crippen molar-refractivity contribution in [2.24, 2.45) is 23.7 Å². The molecule has 0 spiro atoms. The van der Waals surface area contributed by atoms with Crippen LogP contribution in [0.5, 0.6) is 0 Å². The van der Waals surface area contributed by atoms with E-state index in [4.69, 9.17) is 33.2 Å². The molecule has 4 saturated carbocycles. The van der Waals surface area contributed by atoms with Gasteiger partial charge in [-0.05, 0) is 115 Å². The molecule has 572 valence electrons. The van der Waals surface area contributed by atoms with Crippen LogP contribution in [0.25, 0.3) is 0 Å². The van der Waals surface area contributed by atoms with Crippen LogP contribution in [0.2, 0.25) is 0 Å². The van der Waals surface area contributed by atoms with E-state index < -0.39 is 15.8 Å². The molecule has 5 rings (SSSR count). The molecule has 1 atom stereocenters. The molecule has 5 aliphatic rings. The van der Waals surface area contributed by atoms with E-state index >= 15 is 0 Å². The lowest BCUT2D eigenvalue weighted by molar-refractivity contribution is 0.0181. The summed E-state index contributed by atoms with van der Waals surface area (Å²) in [5, 5.41) is 0. The first-order valence-corrected chi connectivity index (χ1v) is 41.5. The fraction of sp³-hybridized carbons (Fsp3) is 1.00. The average Bonchev–Trinajstić information content (AvgIpc) is 4.10. The lowest BCUT2D eigenvalue weighted by Crippen LogP contribution is -2.08. The summed E-state index contributed by atoms with van der Waals surface area (Å²) in [7, 11) is 2.50. The molecule has 0 N–H and O–H groups in total. The van der Waals surface area contributed by atoms with Crippen LogP contribution >= 0.6 is 0 Å². The number of halogens is 2. The minimum atomic E-state index is -2.67. The molecule has 12 heteroatoms. The molecule has 92 heavy (non-hydrogen) atoms. The van der Waals surface area contributed by atoms with Gasteiger partial charge < -0.3 is 33.2 Å². The van der Waals surface area contributed by atoms with E-state index in [9.17, 15) is 17.2 Å². The van der Waals surface area contributed by atoms with Crippen molar-refractivity contribution >= 4 is 9.84 Å². The van der Waals surface area contributed by atoms with E-state index in [1.165, 1.54) is 219 Å². The quantitative estimate of drug-likeness (QED) is 0.0629. The molecule has 0 bridgehead atoms. The van der Waals surface area contributed by atoms with Gasteiger partial charge in [0.2, 0.25) is 5.92 Å². The number of unbranched alkanes of at least 4 members (excludes halogenated alkanes) is 7. The van der Waals surface area contributed by atoms with Crippen molar-refractivity contribution in [2.45, 2.75) is 401 Å². The molecule has 5 fully saturated rings. The van der Waals surface area contributed by atoms with E-state index in [1.807, 2.05) is 13.8 Å². The Morgan fingerprint density at radius 3 is 0.859 bits per heavy atom. The van der Waals surface area contributed by atoms with E-state index in [0.717, 1.165) is 129 Å². The molecule has 0 amide bonds. The minimum absolute atomic E-state index is 0.0625. The smallest absolute Gasteiger partial charge is 0.245 e. The fourth-order valence-corrected chi connectivity index (χ4v) is 8.12. The van der Waals surface area contributed by atoms with Crippen molar-refractivity contribution in [3.63, 3.8) is 0 Å². The second kappa shape index (κ2) is 107. The zero-order valence-electron chi connectivity index (χ0n) is 67.9. The number of sulfone groups is 1. The van der Waals surface area contributed by atoms with Gasteiger partial charge >= 0.3 is 0 Å². The summed E-state index contributed by atoms with van der Waals surface area (Å²) < 4.78 is 78.4. The highest BCUT2D eigenvalue weighted by Crippen LogP contribution is 2.31. The molecule has 1 aliphatic heterocycles. The average molecular weight is 1350 g/mol. The van der Waals surface area contributed by atoms with Gasteiger partial charge in [-0.15, -0.1) is 0 Å². The third-order valence-corrected chi connectivity index (χ3v) is 16.2. The summed E-state index contributed by atoms with van der Waals surface area (Å²) in [6.45, 7) is 52.7. The Morgan fingerprint density at radius 1 is 0.380 bits per heavy atom. The maximum absolute atomic E-state index is 11.5. The van der Waals surface area contributed by atoms with Crippen LogP contribution in [-0.4, -0.2) is 120 Å². The first-order chi connectivity index (χ1) is 44.1. The van der Waals surface area contributed by atoms with Crippen molar-refractivity contribution in [3.8, 4) is 0 Å². The Morgan fingerprint density at radius 2 is 0.717 bits per heavy atom. The minimum Gasteiger partial charge on any atom is -0.385 e. The van der Waals surface area contributed by atoms with Gasteiger partial charge in [-0.1, -0.05) is 292 Å². The third-order valence-electron chi connectivity index (χ3n) is 15.0. The largest absolute Gasteiger partial charge is 0.385 e. The number of ether oxygens (including phenoxy) is 7. The van der Waals surface area contributed by atoms with Crippen molar-refractivity contribution in [1.29, 1.82) is 0 Å². The van der Waals surface area contributed by atoms with Gasteiger partial charge in [-0.25, -0.2) is 17.2 Å². The summed E-state index contributed by atoms with van der Waals surface area (Å²) in [6.07, 6.45) is 51.0. The number of rotatable bonds is 31. The van der Waals surface area contributed by atoms with Crippen LogP contribution in [0.3, 0.4) is 0 Å². The van der Waals surface area contributed by atoms with E-state index in [1.54, 1.807) is 21.3 Å². The Hall–Kier alpha value is -0.470. The Bertz CT molecular complexity index is 1150. The summed E-state index contributed by atoms with van der Waals surface area (Å²) in [4.78, 5) is 0. The number of alkyl halides is 2. The summed E-state index contributed by atoms with van der Waals surface area (Å²) in [5.41, 5.74) is 0. The molecule has 0 aromatic rings. The van der Waals surface area contributed by atoms with Gasteiger partial charge in [0.15, 0.2) is 0 Å². The maximum Gasteiger partial charge on any atom is 0.245 e. The number of methoxy groups -OCH3 is 3. The Labute approximate surface area is 581 Å². The predicted molar refractivity (Wildman–Crippen MR) is 411 cm³/mol. The Kier molecular flexibility index (Phi) is 131. The molecule has 9 nitrogen and oxygen atoms in total. The Balaban J connectivity index is -0.0000000982. The lowest BCUT2D eigenvalue weighted by atomic mass is 9.84. The topological polar surface area (TPSA) is 98.8 Å². The highest BCUT2D eigenvalue weighted by atomic mass is 32.2. The van der Waals surface area contributed by atoms with Crippen LogP contribution in [0.1, 0.15) is 389 Å². The maximum atomic E-state index is 11.5. The highest BCUT2D eigenvalue weighted by Gasteiger charge is 2.18. The first-order valence-electron chi connectivity index (χ1n) is 39.4. The SMILES string of the molecule is CC1CCC1.CCC(C)(F)F.CCC1CC1.CCC1CCC1.CCC1CCCCC1.CCC1CCCO1.CCCC.CCCCC.CCCCOC.CCCCOC.CCCCOCC.CCCCOCCC.CCCOC.CCCOCCC.CCCS(C)(=O)=O. The van der Waals surface area contributed by atoms with Crippen LogP contribution in [0.4, 0.5) is 8.78 Å². The monoisotopic (exact) mass is 1350 g/mol. The molecular weight excluding hydrogens is 1170 g/mol. The van der Waals surface area contributed by atoms with Gasteiger partial charge in [0.1, 0.15) is 9.84 Å². The van der Waals surface area contributed by atoms with Crippen LogP contribution in [0, 0.1) is 23.7 Å². The van der Waals surface area contributed by atoms with Crippen molar-refractivity contribution < 1.29 is 50.4 Å². The van der Waals surface area contributed by atoms with Crippen molar-refractivity contribution in [2.75, 3.05) is 99.4 Å². The van der Waals surface area contributed by atoms with Gasteiger partial charge in [-0.2, -0.15) is 0 Å². The van der Waals surface area contributed by atoms with Crippen LogP contribution in [-0.2, 0) is 43.0 Å². The second-order valence-corrected chi connectivity index (χ2v) is 27.5. The number of hydrogen-bond acceptors (Lipinski definition) is 9. The second-order valence-electron chi connectivity index (χ2n) is 25.3. The van der Waals surface area contributed by atoms with Crippen LogP contribution < -0.4 is 0 Å². The normalized spacial score (nSPS) is 15.0. The molecule has 1 unspecified atom stereocenters. The van der Waals surface area contributed by atoms with Gasteiger partial charge in [0.05, 0.1) is 6.10 Å². The summed E-state index contributed by atoms with van der Waals surface area (Å²) >= 11 is 0. The zero-order chi connectivity index (χ0) is 72.5. The first kappa shape index (κ1) is 113. The van der Waals surface area contributed by atoms with E-state index in [-0.39, 0.29) is 6.42 Å². The summed E-state index contributed by atoms with van der Waals surface area (Å²) in [5.74, 6) is 2.26.